The second kappa shape index (κ2) is 3.14. The lowest BCUT2D eigenvalue weighted by Gasteiger charge is -2.42. The molecule has 2 saturated heterocycles. The van der Waals surface area contributed by atoms with E-state index < -0.39 is 0 Å². The highest BCUT2D eigenvalue weighted by Crippen LogP contribution is 2.43. The molecule has 0 bridgehead atoms. The Hall–Kier alpha value is 0.270. The van der Waals surface area contributed by atoms with Gasteiger partial charge in [-0.3, -0.25) is 5.32 Å². The highest BCUT2D eigenvalue weighted by molar-refractivity contribution is 8.00. The van der Waals surface area contributed by atoms with Gasteiger partial charge < -0.3 is 4.74 Å². The average molecular weight is 201 g/mol. The minimum Gasteiger partial charge on any atom is -0.375 e. The summed E-state index contributed by atoms with van der Waals surface area (Å²) in [5.74, 6) is 1.25. The van der Waals surface area contributed by atoms with Gasteiger partial charge in [0.15, 0.2) is 0 Å². The molecule has 2 atom stereocenters. The molecular weight excluding hydrogens is 182 g/mol. The van der Waals surface area contributed by atoms with Crippen LogP contribution in [0.5, 0.6) is 0 Å². The van der Waals surface area contributed by atoms with Crippen molar-refractivity contribution in [2.75, 3.05) is 12.4 Å². The molecule has 76 valence electrons. The van der Waals surface area contributed by atoms with E-state index in [0.29, 0.717) is 10.9 Å². The van der Waals surface area contributed by atoms with Gasteiger partial charge in [-0.05, 0) is 27.2 Å². The zero-order valence-corrected chi connectivity index (χ0v) is 9.54. The Morgan fingerprint density at radius 2 is 2.23 bits per heavy atom. The summed E-state index contributed by atoms with van der Waals surface area (Å²) in [4.78, 5) is 0.321. The van der Waals surface area contributed by atoms with Crippen molar-refractivity contribution in [2.24, 2.45) is 0 Å². The predicted molar refractivity (Wildman–Crippen MR) is 57.1 cm³/mol. The quantitative estimate of drug-likeness (QED) is 0.647. The number of ether oxygens (including phenoxy) is 1. The van der Waals surface area contributed by atoms with Gasteiger partial charge in [0.1, 0.15) is 0 Å². The zero-order valence-electron chi connectivity index (χ0n) is 8.72. The third kappa shape index (κ3) is 2.03. The van der Waals surface area contributed by atoms with E-state index in [1.807, 2.05) is 0 Å². The molecule has 0 radical (unpaired) electrons. The van der Waals surface area contributed by atoms with Crippen LogP contribution >= 0.6 is 11.8 Å². The molecular formula is C10H19NOS. The van der Waals surface area contributed by atoms with E-state index in [1.165, 1.54) is 5.75 Å². The molecule has 2 fully saturated rings. The monoisotopic (exact) mass is 201 g/mol. The van der Waals surface area contributed by atoms with Crippen molar-refractivity contribution in [3.63, 3.8) is 0 Å². The van der Waals surface area contributed by atoms with Crippen molar-refractivity contribution in [1.29, 1.82) is 0 Å². The fourth-order valence-corrected chi connectivity index (χ4v) is 4.00. The molecule has 1 spiro atoms. The Morgan fingerprint density at radius 3 is 2.77 bits per heavy atom. The molecule has 3 heteroatoms. The van der Waals surface area contributed by atoms with Crippen LogP contribution in [0.2, 0.25) is 0 Å². The second-order valence-corrected chi connectivity index (χ2v) is 6.29. The molecule has 2 aliphatic rings. The molecule has 0 aliphatic carbocycles. The number of hydrogen-bond acceptors (Lipinski definition) is 3. The molecule has 13 heavy (non-hydrogen) atoms. The number of nitrogens with one attached hydrogen (secondary N) is 1. The SMILES string of the molecule is CC1CSC2(CCOC(C)(C)C2)N1. The summed E-state index contributed by atoms with van der Waals surface area (Å²) in [5, 5.41) is 3.71. The maximum Gasteiger partial charge on any atom is 0.0697 e. The van der Waals surface area contributed by atoms with Crippen LogP contribution in [-0.4, -0.2) is 28.9 Å². The van der Waals surface area contributed by atoms with E-state index in [0.717, 1.165) is 19.4 Å². The van der Waals surface area contributed by atoms with Crippen LogP contribution in [0, 0.1) is 0 Å². The number of thioether (sulfide) groups is 1. The average Bonchev–Trinajstić information content (AvgIpc) is 2.29. The van der Waals surface area contributed by atoms with E-state index >= 15 is 0 Å². The molecule has 1 N–H and O–H groups in total. The van der Waals surface area contributed by atoms with E-state index in [4.69, 9.17) is 4.74 Å². The predicted octanol–water partition coefficient (Wildman–Crippen LogP) is 2.00. The molecule has 0 aromatic heterocycles. The van der Waals surface area contributed by atoms with Crippen molar-refractivity contribution >= 4 is 11.8 Å². The van der Waals surface area contributed by atoms with Gasteiger partial charge in [-0.2, -0.15) is 0 Å². The minimum absolute atomic E-state index is 0.0578. The highest BCUT2D eigenvalue weighted by atomic mass is 32.2. The van der Waals surface area contributed by atoms with Crippen molar-refractivity contribution in [3.8, 4) is 0 Å². The first-order valence-electron chi connectivity index (χ1n) is 5.07. The highest BCUT2D eigenvalue weighted by Gasteiger charge is 2.44. The summed E-state index contributed by atoms with van der Waals surface area (Å²) in [6.07, 6.45) is 2.29. The zero-order chi connectivity index (χ0) is 9.53. The first kappa shape index (κ1) is 9.81. The van der Waals surface area contributed by atoms with Crippen LogP contribution in [0.1, 0.15) is 33.6 Å². The van der Waals surface area contributed by atoms with Crippen LogP contribution in [0.15, 0.2) is 0 Å². The van der Waals surface area contributed by atoms with Gasteiger partial charge in [0, 0.05) is 24.8 Å². The molecule has 2 rings (SSSR count). The van der Waals surface area contributed by atoms with Crippen LogP contribution in [0.4, 0.5) is 0 Å². The van der Waals surface area contributed by atoms with Crippen molar-refractivity contribution < 1.29 is 4.74 Å². The topological polar surface area (TPSA) is 21.3 Å². The first-order valence-corrected chi connectivity index (χ1v) is 6.06. The van der Waals surface area contributed by atoms with Gasteiger partial charge in [-0.15, -0.1) is 11.8 Å². The van der Waals surface area contributed by atoms with Gasteiger partial charge >= 0.3 is 0 Å². The van der Waals surface area contributed by atoms with Crippen LogP contribution in [-0.2, 0) is 4.74 Å². The minimum atomic E-state index is 0.0578. The van der Waals surface area contributed by atoms with E-state index in [9.17, 15) is 0 Å². The summed E-state index contributed by atoms with van der Waals surface area (Å²) < 4.78 is 5.73. The standard InChI is InChI=1S/C10H19NOS/c1-8-6-13-10(11-8)4-5-12-9(2,3)7-10/h8,11H,4-7H2,1-3H3. The van der Waals surface area contributed by atoms with E-state index in [-0.39, 0.29) is 5.60 Å². The Labute approximate surface area is 84.8 Å². The largest absolute Gasteiger partial charge is 0.375 e. The lowest BCUT2D eigenvalue weighted by molar-refractivity contribution is -0.0687. The summed E-state index contributed by atoms with van der Waals surface area (Å²) in [6.45, 7) is 7.56. The molecule has 2 unspecified atom stereocenters. The molecule has 0 aromatic carbocycles. The second-order valence-electron chi connectivity index (χ2n) is 4.89. The molecule has 0 amide bonds. The van der Waals surface area contributed by atoms with Gasteiger partial charge in [0.05, 0.1) is 10.5 Å². The molecule has 0 saturated carbocycles. The Balaban J connectivity index is 2.07. The Morgan fingerprint density at radius 1 is 1.46 bits per heavy atom. The summed E-state index contributed by atoms with van der Waals surface area (Å²) in [7, 11) is 0. The van der Waals surface area contributed by atoms with Crippen molar-refractivity contribution in [1.82, 2.24) is 5.32 Å². The Bertz CT molecular complexity index is 203. The smallest absolute Gasteiger partial charge is 0.0697 e. The lowest BCUT2D eigenvalue weighted by atomic mass is 9.93. The van der Waals surface area contributed by atoms with Gasteiger partial charge in [-0.25, -0.2) is 0 Å². The van der Waals surface area contributed by atoms with Gasteiger partial charge in [0.2, 0.25) is 0 Å². The van der Waals surface area contributed by atoms with E-state index in [2.05, 4.69) is 37.8 Å². The van der Waals surface area contributed by atoms with Crippen LogP contribution in [0.3, 0.4) is 0 Å². The van der Waals surface area contributed by atoms with Crippen molar-refractivity contribution in [3.05, 3.63) is 0 Å². The summed E-state index contributed by atoms with van der Waals surface area (Å²) in [6, 6.07) is 0.666. The van der Waals surface area contributed by atoms with Gasteiger partial charge in [0.25, 0.3) is 0 Å². The van der Waals surface area contributed by atoms with Crippen LogP contribution < -0.4 is 5.32 Å². The summed E-state index contributed by atoms with van der Waals surface area (Å²) >= 11 is 2.08. The molecule has 2 aliphatic heterocycles. The van der Waals surface area contributed by atoms with Crippen molar-refractivity contribution in [2.45, 2.75) is 50.1 Å². The maximum atomic E-state index is 5.73. The normalized spacial score (nSPS) is 44.1. The van der Waals surface area contributed by atoms with E-state index in [1.54, 1.807) is 0 Å². The van der Waals surface area contributed by atoms with Gasteiger partial charge in [-0.1, -0.05) is 0 Å². The maximum absolute atomic E-state index is 5.73. The lowest BCUT2D eigenvalue weighted by Crippen LogP contribution is -2.51. The molecule has 2 heterocycles. The molecule has 2 nitrogen and oxygen atoms in total. The fourth-order valence-electron chi connectivity index (χ4n) is 2.38. The first-order chi connectivity index (χ1) is 6.02. The fraction of sp³-hybridized carbons (Fsp3) is 1.00. The number of rotatable bonds is 0. The van der Waals surface area contributed by atoms with Crippen LogP contribution in [0.25, 0.3) is 0 Å². The summed E-state index contributed by atoms with van der Waals surface area (Å²) in [5.41, 5.74) is 0.0578. The number of hydrogen-bond donors (Lipinski definition) is 1. The third-order valence-electron chi connectivity index (χ3n) is 2.83. The third-order valence-corrected chi connectivity index (χ3v) is 4.51. The molecule has 0 aromatic rings. The Kier molecular flexibility index (Phi) is 2.37.